The number of carbonyl (C=O) groups is 1. The number of anilines is 1. The zero-order valence-electron chi connectivity index (χ0n) is 10.6. The van der Waals surface area contributed by atoms with Crippen molar-refractivity contribution in [1.29, 1.82) is 0 Å². The molecule has 102 valence electrons. The fraction of sp³-hybridized carbons (Fsp3) is 0.667. The Morgan fingerprint density at radius 2 is 2.28 bits per heavy atom. The van der Waals surface area contributed by atoms with Gasteiger partial charge in [-0.3, -0.25) is 4.79 Å². The lowest BCUT2D eigenvalue weighted by molar-refractivity contribution is -0.136. The van der Waals surface area contributed by atoms with Gasteiger partial charge in [0.25, 0.3) is 0 Å². The first kappa shape index (κ1) is 14.9. The Kier molecular flexibility index (Phi) is 7.36. The molecule has 0 aliphatic carbocycles. The lowest BCUT2D eigenvalue weighted by atomic mass is 10.3. The van der Waals surface area contributed by atoms with Crippen molar-refractivity contribution < 1.29 is 14.6 Å². The van der Waals surface area contributed by atoms with Crippen molar-refractivity contribution in [2.45, 2.75) is 32.6 Å². The second kappa shape index (κ2) is 8.88. The Balaban J connectivity index is 2.08. The molecule has 0 saturated carbocycles. The summed E-state index contributed by atoms with van der Waals surface area (Å²) in [5.41, 5.74) is 0.606. The molecule has 0 amide bonds. The van der Waals surface area contributed by atoms with E-state index in [0.29, 0.717) is 5.69 Å². The predicted octanol–water partition coefficient (Wildman–Crippen LogP) is 2.39. The molecule has 0 radical (unpaired) electrons. The summed E-state index contributed by atoms with van der Waals surface area (Å²) in [6, 6.07) is 0. The fourth-order valence-electron chi connectivity index (χ4n) is 1.34. The molecule has 0 atom stereocenters. The number of rotatable bonds is 10. The molecule has 1 heterocycles. The number of aromatic nitrogens is 1. The molecule has 6 heteroatoms. The van der Waals surface area contributed by atoms with E-state index >= 15 is 0 Å². The maximum atomic E-state index is 10.5. The molecule has 0 aliphatic rings. The first-order chi connectivity index (χ1) is 8.72. The van der Waals surface area contributed by atoms with E-state index in [-0.39, 0.29) is 6.42 Å². The SMILES string of the molecule is CCCCOCCCNc1nc(CC(=O)O)cs1. The monoisotopic (exact) mass is 272 g/mol. The van der Waals surface area contributed by atoms with Gasteiger partial charge < -0.3 is 15.2 Å². The number of hydrogen-bond acceptors (Lipinski definition) is 5. The van der Waals surface area contributed by atoms with Gasteiger partial charge in [-0.1, -0.05) is 13.3 Å². The van der Waals surface area contributed by atoms with E-state index in [2.05, 4.69) is 17.2 Å². The second-order valence-electron chi connectivity index (χ2n) is 3.96. The summed E-state index contributed by atoms with van der Waals surface area (Å²) >= 11 is 1.44. The molecule has 1 rings (SSSR count). The maximum absolute atomic E-state index is 10.5. The zero-order chi connectivity index (χ0) is 13.2. The van der Waals surface area contributed by atoms with Gasteiger partial charge in [-0.25, -0.2) is 4.98 Å². The van der Waals surface area contributed by atoms with Crippen molar-refractivity contribution >= 4 is 22.4 Å². The Hall–Kier alpha value is -1.14. The number of unbranched alkanes of at least 4 members (excludes halogenated alkanes) is 1. The van der Waals surface area contributed by atoms with E-state index in [4.69, 9.17) is 9.84 Å². The Labute approximate surface area is 111 Å². The van der Waals surface area contributed by atoms with E-state index in [9.17, 15) is 4.79 Å². The number of nitrogens with zero attached hydrogens (tertiary/aromatic N) is 1. The highest BCUT2D eigenvalue weighted by molar-refractivity contribution is 7.13. The van der Waals surface area contributed by atoms with E-state index in [1.165, 1.54) is 11.3 Å². The molecule has 0 fully saturated rings. The maximum Gasteiger partial charge on any atom is 0.309 e. The van der Waals surface area contributed by atoms with E-state index in [0.717, 1.165) is 44.2 Å². The van der Waals surface area contributed by atoms with Crippen molar-refractivity contribution in [3.63, 3.8) is 0 Å². The van der Waals surface area contributed by atoms with Crippen LogP contribution in [0, 0.1) is 0 Å². The normalized spacial score (nSPS) is 10.5. The van der Waals surface area contributed by atoms with Crippen LogP contribution >= 0.6 is 11.3 Å². The zero-order valence-corrected chi connectivity index (χ0v) is 11.5. The van der Waals surface area contributed by atoms with Crippen LogP contribution in [0.1, 0.15) is 31.9 Å². The molecule has 0 spiro atoms. The van der Waals surface area contributed by atoms with Crippen molar-refractivity contribution in [1.82, 2.24) is 4.98 Å². The largest absolute Gasteiger partial charge is 0.481 e. The quantitative estimate of drug-likeness (QED) is 0.640. The molecular weight excluding hydrogens is 252 g/mol. The summed E-state index contributed by atoms with van der Waals surface area (Å²) in [7, 11) is 0. The van der Waals surface area contributed by atoms with Crippen LogP contribution in [0.3, 0.4) is 0 Å². The van der Waals surface area contributed by atoms with E-state index < -0.39 is 5.97 Å². The van der Waals surface area contributed by atoms with Gasteiger partial charge >= 0.3 is 5.97 Å². The van der Waals surface area contributed by atoms with Gasteiger partial charge in [0.05, 0.1) is 12.1 Å². The van der Waals surface area contributed by atoms with Crippen LogP contribution in [0.5, 0.6) is 0 Å². The van der Waals surface area contributed by atoms with Crippen LogP contribution in [0.25, 0.3) is 0 Å². The lowest BCUT2D eigenvalue weighted by Gasteiger charge is -2.04. The number of hydrogen-bond donors (Lipinski definition) is 2. The third-order valence-corrected chi connectivity index (χ3v) is 3.12. The van der Waals surface area contributed by atoms with Gasteiger partial charge in [-0.05, 0) is 12.8 Å². The summed E-state index contributed by atoms with van der Waals surface area (Å²) in [4.78, 5) is 14.7. The lowest BCUT2D eigenvalue weighted by Crippen LogP contribution is -2.06. The van der Waals surface area contributed by atoms with Crippen LogP contribution < -0.4 is 5.32 Å². The number of aliphatic carboxylic acids is 1. The summed E-state index contributed by atoms with van der Waals surface area (Å²) in [6.07, 6.45) is 3.18. The Morgan fingerprint density at radius 1 is 1.50 bits per heavy atom. The van der Waals surface area contributed by atoms with Gasteiger partial charge in [0.2, 0.25) is 0 Å². The van der Waals surface area contributed by atoms with Gasteiger partial charge in [0, 0.05) is 25.1 Å². The standard InChI is InChI=1S/C12H20N2O3S/c1-2-3-6-17-7-4-5-13-12-14-10(9-18-12)8-11(15)16/h9H,2-8H2,1H3,(H,13,14)(H,15,16). The van der Waals surface area contributed by atoms with Crippen LogP contribution in [0.4, 0.5) is 5.13 Å². The second-order valence-corrected chi connectivity index (χ2v) is 4.82. The highest BCUT2D eigenvalue weighted by atomic mass is 32.1. The van der Waals surface area contributed by atoms with Crippen LogP contribution in [0.15, 0.2) is 5.38 Å². The molecule has 1 aromatic heterocycles. The van der Waals surface area contributed by atoms with Crippen molar-refractivity contribution in [2.24, 2.45) is 0 Å². The van der Waals surface area contributed by atoms with Gasteiger partial charge in [-0.2, -0.15) is 0 Å². The smallest absolute Gasteiger partial charge is 0.309 e. The fourth-order valence-corrected chi connectivity index (χ4v) is 2.08. The highest BCUT2D eigenvalue weighted by Gasteiger charge is 2.05. The third-order valence-electron chi connectivity index (χ3n) is 2.27. The third kappa shape index (κ3) is 6.56. The molecule has 2 N–H and O–H groups in total. The number of thiazole rings is 1. The topological polar surface area (TPSA) is 71.5 Å². The molecule has 18 heavy (non-hydrogen) atoms. The predicted molar refractivity (Wildman–Crippen MR) is 72.3 cm³/mol. The van der Waals surface area contributed by atoms with Crippen LogP contribution in [-0.2, 0) is 16.0 Å². The van der Waals surface area contributed by atoms with Crippen molar-refractivity contribution in [3.05, 3.63) is 11.1 Å². The van der Waals surface area contributed by atoms with E-state index in [1.54, 1.807) is 5.38 Å². The Bertz CT molecular complexity index is 355. The van der Waals surface area contributed by atoms with Crippen molar-refractivity contribution in [2.75, 3.05) is 25.1 Å². The molecule has 0 aromatic carbocycles. The summed E-state index contributed by atoms with van der Waals surface area (Å²) in [5, 5.41) is 14.3. The summed E-state index contributed by atoms with van der Waals surface area (Å²) in [5.74, 6) is -0.851. The van der Waals surface area contributed by atoms with E-state index in [1.807, 2.05) is 0 Å². The molecule has 0 bridgehead atoms. The molecule has 0 unspecified atom stereocenters. The highest BCUT2D eigenvalue weighted by Crippen LogP contribution is 2.15. The minimum atomic E-state index is -0.851. The Morgan fingerprint density at radius 3 is 3.00 bits per heavy atom. The summed E-state index contributed by atoms with van der Waals surface area (Å²) < 4.78 is 5.44. The van der Waals surface area contributed by atoms with Crippen LogP contribution in [0.2, 0.25) is 0 Å². The molecule has 0 saturated heterocycles. The average Bonchev–Trinajstić information content (AvgIpc) is 2.75. The molecule has 5 nitrogen and oxygen atoms in total. The first-order valence-corrected chi connectivity index (χ1v) is 7.08. The minimum absolute atomic E-state index is 0.0156. The summed E-state index contributed by atoms with van der Waals surface area (Å²) in [6.45, 7) is 4.52. The number of ether oxygens (including phenoxy) is 1. The minimum Gasteiger partial charge on any atom is -0.481 e. The first-order valence-electron chi connectivity index (χ1n) is 6.20. The molecular formula is C12H20N2O3S. The van der Waals surface area contributed by atoms with Gasteiger partial charge in [-0.15, -0.1) is 11.3 Å². The number of carboxylic acids is 1. The van der Waals surface area contributed by atoms with Gasteiger partial charge in [0.15, 0.2) is 5.13 Å². The molecule has 0 aliphatic heterocycles. The number of nitrogens with one attached hydrogen (secondary N) is 1. The van der Waals surface area contributed by atoms with Crippen molar-refractivity contribution in [3.8, 4) is 0 Å². The van der Waals surface area contributed by atoms with Crippen LogP contribution in [-0.4, -0.2) is 35.8 Å². The number of carboxylic acid groups (broad SMARTS) is 1. The molecule has 1 aromatic rings. The average molecular weight is 272 g/mol. The van der Waals surface area contributed by atoms with Gasteiger partial charge in [0.1, 0.15) is 0 Å².